The lowest BCUT2D eigenvalue weighted by Gasteiger charge is -2.25. The highest BCUT2D eigenvalue weighted by Gasteiger charge is 2.12. The van der Waals surface area contributed by atoms with E-state index in [1.54, 1.807) is 48.5 Å². The highest BCUT2D eigenvalue weighted by molar-refractivity contribution is 6.10. The lowest BCUT2D eigenvalue weighted by Crippen LogP contribution is -2.39. The molecule has 1 amide bonds. The SMILES string of the molecule is COC(=O)c1cccc(NC(=NCCN2CCOCC2)NC(=O)c2ccccc2)c1. The average Bonchev–Trinajstić information content (AvgIpc) is 2.80. The van der Waals surface area contributed by atoms with E-state index in [4.69, 9.17) is 9.47 Å². The number of ether oxygens (including phenoxy) is 2. The van der Waals surface area contributed by atoms with E-state index in [0.29, 0.717) is 29.3 Å². The number of rotatable bonds is 6. The maximum Gasteiger partial charge on any atom is 0.337 e. The van der Waals surface area contributed by atoms with Crippen molar-refractivity contribution < 1.29 is 19.1 Å². The number of carbonyl (C=O) groups excluding carboxylic acids is 2. The molecule has 0 aliphatic carbocycles. The van der Waals surface area contributed by atoms with Crippen molar-refractivity contribution in [3.8, 4) is 0 Å². The zero-order valence-corrected chi connectivity index (χ0v) is 17.0. The van der Waals surface area contributed by atoms with Gasteiger partial charge in [-0.2, -0.15) is 0 Å². The van der Waals surface area contributed by atoms with Gasteiger partial charge < -0.3 is 14.8 Å². The molecule has 30 heavy (non-hydrogen) atoms. The van der Waals surface area contributed by atoms with Crippen LogP contribution in [0.3, 0.4) is 0 Å². The Balaban J connectivity index is 1.71. The van der Waals surface area contributed by atoms with Crippen LogP contribution in [0.2, 0.25) is 0 Å². The number of guanidine groups is 1. The Kier molecular flexibility index (Phi) is 7.94. The standard InChI is InChI=1S/C22H26N4O4/c1-29-21(28)18-8-5-9-19(16-18)24-22(23-10-11-26-12-14-30-15-13-26)25-20(27)17-6-3-2-4-7-17/h2-9,16H,10-15H2,1H3,(H2,23,24,25,27). The number of amides is 1. The molecule has 2 aromatic carbocycles. The summed E-state index contributed by atoms with van der Waals surface area (Å²) in [6.07, 6.45) is 0. The number of benzene rings is 2. The summed E-state index contributed by atoms with van der Waals surface area (Å²) in [6, 6.07) is 15.8. The fourth-order valence-corrected chi connectivity index (χ4v) is 2.99. The number of morpholine rings is 1. The highest BCUT2D eigenvalue weighted by atomic mass is 16.5. The van der Waals surface area contributed by atoms with Gasteiger partial charge >= 0.3 is 5.97 Å². The molecule has 1 heterocycles. The highest BCUT2D eigenvalue weighted by Crippen LogP contribution is 2.12. The third-order valence-electron chi connectivity index (χ3n) is 4.60. The number of esters is 1. The molecule has 8 heteroatoms. The second-order valence-corrected chi connectivity index (χ2v) is 6.70. The van der Waals surface area contributed by atoms with E-state index < -0.39 is 5.97 Å². The van der Waals surface area contributed by atoms with E-state index in [2.05, 4.69) is 20.5 Å². The van der Waals surface area contributed by atoms with Gasteiger partial charge in [0, 0.05) is 30.9 Å². The largest absolute Gasteiger partial charge is 0.465 e. The number of carbonyl (C=O) groups is 2. The molecule has 0 aromatic heterocycles. The summed E-state index contributed by atoms with van der Waals surface area (Å²) in [4.78, 5) is 31.2. The van der Waals surface area contributed by atoms with Crippen LogP contribution in [-0.2, 0) is 9.47 Å². The first-order valence-corrected chi connectivity index (χ1v) is 9.82. The van der Waals surface area contributed by atoms with Crippen LogP contribution in [0.4, 0.5) is 5.69 Å². The quantitative estimate of drug-likeness (QED) is 0.430. The van der Waals surface area contributed by atoms with Crippen molar-refractivity contribution in [2.24, 2.45) is 4.99 Å². The number of nitrogens with zero attached hydrogens (tertiary/aromatic N) is 2. The normalized spacial score (nSPS) is 14.8. The predicted molar refractivity (Wildman–Crippen MR) is 115 cm³/mol. The minimum atomic E-state index is -0.433. The van der Waals surface area contributed by atoms with Gasteiger partial charge in [-0.05, 0) is 30.3 Å². The summed E-state index contributed by atoms with van der Waals surface area (Å²) in [5.41, 5.74) is 1.56. The van der Waals surface area contributed by atoms with Gasteiger partial charge in [-0.15, -0.1) is 0 Å². The maximum absolute atomic E-state index is 12.6. The molecule has 1 aliphatic rings. The van der Waals surface area contributed by atoms with Gasteiger partial charge in [0.2, 0.25) is 5.96 Å². The third-order valence-corrected chi connectivity index (χ3v) is 4.60. The summed E-state index contributed by atoms with van der Waals surface area (Å²) >= 11 is 0. The number of hydrogen-bond acceptors (Lipinski definition) is 6. The van der Waals surface area contributed by atoms with Crippen LogP contribution in [0.25, 0.3) is 0 Å². The van der Waals surface area contributed by atoms with Gasteiger partial charge in [-0.3, -0.25) is 20.0 Å². The minimum absolute atomic E-state index is 0.266. The molecule has 8 nitrogen and oxygen atoms in total. The Morgan fingerprint density at radius 3 is 2.53 bits per heavy atom. The Bertz CT molecular complexity index is 880. The van der Waals surface area contributed by atoms with Crippen LogP contribution >= 0.6 is 0 Å². The molecule has 1 aliphatic heterocycles. The van der Waals surface area contributed by atoms with Crippen molar-refractivity contribution in [1.29, 1.82) is 0 Å². The molecule has 0 bridgehead atoms. The van der Waals surface area contributed by atoms with Crippen LogP contribution in [0.15, 0.2) is 59.6 Å². The molecule has 0 radical (unpaired) electrons. The van der Waals surface area contributed by atoms with E-state index in [9.17, 15) is 9.59 Å². The lowest BCUT2D eigenvalue weighted by atomic mass is 10.2. The Morgan fingerprint density at radius 1 is 1.07 bits per heavy atom. The van der Waals surface area contributed by atoms with Crippen LogP contribution in [0.1, 0.15) is 20.7 Å². The molecular weight excluding hydrogens is 384 g/mol. The van der Waals surface area contributed by atoms with Crippen molar-refractivity contribution in [2.45, 2.75) is 0 Å². The average molecular weight is 410 g/mol. The van der Waals surface area contributed by atoms with Gasteiger partial charge in [-0.1, -0.05) is 24.3 Å². The van der Waals surface area contributed by atoms with Gasteiger partial charge in [0.05, 0.1) is 32.4 Å². The number of hydrogen-bond donors (Lipinski definition) is 2. The summed E-state index contributed by atoms with van der Waals surface area (Å²) in [5.74, 6) is -0.380. The summed E-state index contributed by atoms with van der Waals surface area (Å²) < 4.78 is 10.1. The van der Waals surface area contributed by atoms with Gasteiger partial charge in [-0.25, -0.2) is 4.79 Å². The fourth-order valence-electron chi connectivity index (χ4n) is 2.99. The molecule has 158 valence electrons. The Labute approximate surface area is 175 Å². The zero-order chi connectivity index (χ0) is 21.2. The first-order valence-electron chi connectivity index (χ1n) is 9.82. The predicted octanol–water partition coefficient (Wildman–Crippen LogP) is 2.00. The van der Waals surface area contributed by atoms with E-state index in [-0.39, 0.29) is 5.91 Å². The van der Waals surface area contributed by atoms with Crippen molar-refractivity contribution in [3.05, 3.63) is 65.7 Å². The molecule has 0 atom stereocenters. The van der Waals surface area contributed by atoms with E-state index in [1.165, 1.54) is 7.11 Å². The third kappa shape index (κ3) is 6.40. The summed E-state index contributed by atoms with van der Waals surface area (Å²) in [5, 5.41) is 5.93. The maximum atomic E-state index is 12.6. The van der Waals surface area contributed by atoms with Crippen LogP contribution in [0, 0.1) is 0 Å². The molecule has 0 unspecified atom stereocenters. The number of aliphatic imine (C=N–C) groups is 1. The van der Waals surface area contributed by atoms with Crippen molar-refractivity contribution >= 4 is 23.5 Å². The van der Waals surface area contributed by atoms with Crippen LogP contribution in [0.5, 0.6) is 0 Å². The second-order valence-electron chi connectivity index (χ2n) is 6.70. The molecule has 0 saturated carbocycles. The summed E-state index contributed by atoms with van der Waals surface area (Å²) in [7, 11) is 1.33. The Hall–Kier alpha value is -3.23. The smallest absolute Gasteiger partial charge is 0.337 e. The minimum Gasteiger partial charge on any atom is -0.465 e. The van der Waals surface area contributed by atoms with E-state index in [0.717, 1.165) is 32.8 Å². The molecule has 1 saturated heterocycles. The molecule has 2 aromatic rings. The first kappa shape index (κ1) is 21.5. The fraction of sp³-hybridized carbons (Fsp3) is 0.318. The lowest BCUT2D eigenvalue weighted by molar-refractivity contribution is 0.0394. The number of methoxy groups -OCH3 is 1. The van der Waals surface area contributed by atoms with Crippen LogP contribution < -0.4 is 10.6 Å². The Morgan fingerprint density at radius 2 is 1.80 bits per heavy atom. The molecule has 1 fully saturated rings. The van der Waals surface area contributed by atoms with Gasteiger partial charge in [0.15, 0.2) is 0 Å². The van der Waals surface area contributed by atoms with Gasteiger partial charge in [0.25, 0.3) is 5.91 Å². The van der Waals surface area contributed by atoms with Gasteiger partial charge in [0.1, 0.15) is 0 Å². The topological polar surface area (TPSA) is 92.3 Å². The molecule has 2 N–H and O–H groups in total. The van der Waals surface area contributed by atoms with Crippen LogP contribution in [-0.4, -0.2) is 69.2 Å². The monoisotopic (exact) mass is 410 g/mol. The molecular formula is C22H26N4O4. The second kappa shape index (κ2) is 11.1. The van der Waals surface area contributed by atoms with Crippen molar-refractivity contribution in [2.75, 3.05) is 51.8 Å². The summed E-state index contributed by atoms with van der Waals surface area (Å²) in [6.45, 7) is 4.46. The molecule has 3 rings (SSSR count). The van der Waals surface area contributed by atoms with E-state index in [1.807, 2.05) is 6.07 Å². The number of anilines is 1. The molecule has 0 spiro atoms. The van der Waals surface area contributed by atoms with Crippen molar-refractivity contribution in [1.82, 2.24) is 10.2 Å². The first-order chi connectivity index (χ1) is 14.7. The number of nitrogens with one attached hydrogen (secondary N) is 2. The van der Waals surface area contributed by atoms with Crippen molar-refractivity contribution in [3.63, 3.8) is 0 Å². The zero-order valence-electron chi connectivity index (χ0n) is 17.0. The van der Waals surface area contributed by atoms with E-state index >= 15 is 0 Å².